The van der Waals surface area contributed by atoms with Gasteiger partial charge in [-0.05, 0) is 32.8 Å². The van der Waals surface area contributed by atoms with E-state index in [4.69, 9.17) is 0 Å². The molecule has 21 heavy (non-hydrogen) atoms. The van der Waals surface area contributed by atoms with Crippen LogP contribution in [0.15, 0.2) is 12.3 Å². The highest BCUT2D eigenvalue weighted by molar-refractivity contribution is 5.76. The van der Waals surface area contributed by atoms with Crippen molar-refractivity contribution >= 4 is 5.91 Å². The first-order chi connectivity index (χ1) is 10.1. The SMILES string of the molecule is CC(C)NC(=O)CCNC1CCCCC1c1ccnn1C. The highest BCUT2D eigenvalue weighted by Gasteiger charge is 2.27. The van der Waals surface area contributed by atoms with Gasteiger partial charge in [0.05, 0.1) is 0 Å². The van der Waals surface area contributed by atoms with Crippen molar-refractivity contribution in [3.8, 4) is 0 Å². The number of rotatable bonds is 6. The Morgan fingerprint density at radius 2 is 2.19 bits per heavy atom. The minimum Gasteiger partial charge on any atom is -0.354 e. The number of amides is 1. The van der Waals surface area contributed by atoms with Crippen molar-refractivity contribution in [2.45, 2.75) is 64.0 Å². The molecule has 5 nitrogen and oxygen atoms in total. The fraction of sp³-hybridized carbons (Fsp3) is 0.750. The minimum atomic E-state index is 0.130. The number of aromatic nitrogens is 2. The highest BCUT2D eigenvalue weighted by Crippen LogP contribution is 2.32. The molecule has 1 aromatic rings. The second-order valence-corrected chi connectivity index (χ2v) is 6.30. The summed E-state index contributed by atoms with van der Waals surface area (Å²) in [5, 5.41) is 10.8. The highest BCUT2D eigenvalue weighted by atomic mass is 16.1. The fourth-order valence-electron chi connectivity index (χ4n) is 3.24. The van der Waals surface area contributed by atoms with Gasteiger partial charge in [0.2, 0.25) is 5.91 Å². The second kappa shape index (κ2) is 7.59. The van der Waals surface area contributed by atoms with Crippen LogP contribution in [0.2, 0.25) is 0 Å². The van der Waals surface area contributed by atoms with Crippen molar-refractivity contribution in [2.24, 2.45) is 7.05 Å². The first-order valence-electron chi connectivity index (χ1n) is 8.08. The predicted molar refractivity (Wildman–Crippen MR) is 84.1 cm³/mol. The number of aryl methyl sites for hydroxylation is 1. The van der Waals surface area contributed by atoms with Gasteiger partial charge in [0.1, 0.15) is 0 Å². The normalized spacial score (nSPS) is 22.5. The lowest BCUT2D eigenvalue weighted by Gasteiger charge is -2.32. The van der Waals surface area contributed by atoms with Gasteiger partial charge in [0.15, 0.2) is 0 Å². The summed E-state index contributed by atoms with van der Waals surface area (Å²) in [7, 11) is 2.01. The smallest absolute Gasteiger partial charge is 0.221 e. The van der Waals surface area contributed by atoms with Gasteiger partial charge in [-0.25, -0.2) is 0 Å². The number of nitrogens with zero attached hydrogens (tertiary/aromatic N) is 2. The van der Waals surface area contributed by atoms with Crippen LogP contribution in [-0.2, 0) is 11.8 Å². The van der Waals surface area contributed by atoms with Crippen molar-refractivity contribution in [3.63, 3.8) is 0 Å². The van der Waals surface area contributed by atoms with Gasteiger partial charge in [0, 0.05) is 49.9 Å². The first kappa shape index (κ1) is 16.0. The van der Waals surface area contributed by atoms with E-state index in [1.54, 1.807) is 0 Å². The van der Waals surface area contributed by atoms with E-state index in [1.807, 2.05) is 31.8 Å². The molecule has 118 valence electrons. The van der Waals surface area contributed by atoms with Crippen molar-refractivity contribution < 1.29 is 4.79 Å². The van der Waals surface area contributed by atoms with Crippen LogP contribution in [0.3, 0.4) is 0 Å². The maximum Gasteiger partial charge on any atom is 0.221 e. The van der Waals surface area contributed by atoms with Gasteiger partial charge in [0.25, 0.3) is 0 Å². The maximum atomic E-state index is 11.7. The Balaban J connectivity index is 1.85. The molecule has 0 spiro atoms. The molecule has 0 aliphatic heterocycles. The lowest BCUT2D eigenvalue weighted by atomic mass is 9.82. The lowest BCUT2D eigenvalue weighted by molar-refractivity contribution is -0.121. The van der Waals surface area contributed by atoms with Crippen LogP contribution in [0.5, 0.6) is 0 Å². The van der Waals surface area contributed by atoms with Gasteiger partial charge in [-0.3, -0.25) is 9.48 Å². The summed E-state index contributed by atoms with van der Waals surface area (Å²) in [5.74, 6) is 0.643. The van der Waals surface area contributed by atoms with Gasteiger partial charge >= 0.3 is 0 Å². The van der Waals surface area contributed by atoms with Crippen LogP contribution in [0.25, 0.3) is 0 Å². The summed E-state index contributed by atoms with van der Waals surface area (Å²) in [5.41, 5.74) is 1.30. The van der Waals surface area contributed by atoms with Crippen molar-refractivity contribution in [3.05, 3.63) is 18.0 Å². The molecule has 2 unspecified atom stereocenters. The summed E-state index contributed by atoms with van der Waals surface area (Å²) >= 11 is 0. The van der Waals surface area contributed by atoms with Gasteiger partial charge in [-0.1, -0.05) is 12.8 Å². The Bertz CT molecular complexity index is 455. The Morgan fingerprint density at radius 3 is 2.86 bits per heavy atom. The Kier molecular flexibility index (Phi) is 5.79. The third kappa shape index (κ3) is 4.56. The molecule has 0 aromatic carbocycles. The molecule has 2 atom stereocenters. The van der Waals surface area contributed by atoms with E-state index in [-0.39, 0.29) is 11.9 Å². The van der Waals surface area contributed by atoms with E-state index >= 15 is 0 Å². The van der Waals surface area contributed by atoms with Crippen molar-refractivity contribution in [2.75, 3.05) is 6.54 Å². The first-order valence-corrected chi connectivity index (χ1v) is 8.08. The minimum absolute atomic E-state index is 0.130. The molecule has 5 heteroatoms. The number of nitrogens with one attached hydrogen (secondary N) is 2. The quantitative estimate of drug-likeness (QED) is 0.842. The van der Waals surface area contributed by atoms with Crippen LogP contribution < -0.4 is 10.6 Å². The molecule has 1 aliphatic carbocycles. The van der Waals surface area contributed by atoms with E-state index < -0.39 is 0 Å². The van der Waals surface area contributed by atoms with E-state index in [1.165, 1.54) is 31.4 Å². The number of hydrogen-bond acceptors (Lipinski definition) is 3. The summed E-state index contributed by atoms with van der Waals surface area (Å²) in [6.07, 6.45) is 7.35. The third-order valence-electron chi connectivity index (χ3n) is 4.21. The predicted octanol–water partition coefficient (Wildman–Crippen LogP) is 1.95. The van der Waals surface area contributed by atoms with Gasteiger partial charge in [-0.15, -0.1) is 0 Å². The standard InChI is InChI=1S/C16H28N4O/c1-12(2)19-16(21)9-10-17-14-7-5-4-6-13(14)15-8-11-18-20(15)3/h8,11-14,17H,4-7,9-10H2,1-3H3,(H,19,21). The molecular formula is C16H28N4O. The average Bonchev–Trinajstić information content (AvgIpc) is 2.84. The topological polar surface area (TPSA) is 59.0 Å². The number of carbonyl (C=O) groups is 1. The van der Waals surface area contributed by atoms with Crippen LogP contribution in [-0.4, -0.2) is 34.3 Å². The number of hydrogen-bond donors (Lipinski definition) is 2. The fourth-order valence-corrected chi connectivity index (χ4v) is 3.24. The lowest BCUT2D eigenvalue weighted by Crippen LogP contribution is -2.40. The summed E-state index contributed by atoms with van der Waals surface area (Å²) in [6, 6.07) is 2.80. The molecule has 0 radical (unpaired) electrons. The van der Waals surface area contributed by atoms with Crippen LogP contribution in [0.1, 0.15) is 57.6 Å². The molecule has 1 aliphatic rings. The Hall–Kier alpha value is -1.36. The molecule has 1 fully saturated rings. The van der Waals surface area contributed by atoms with E-state index in [0.29, 0.717) is 18.4 Å². The monoisotopic (exact) mass is 292 g/mol. The molecule has 1 aromatic heterocycles. The number of carbonyl (C=O) groups excluding carboxylic acids is 1. The molecule has 1 amide bonds. The molecule has 1 saturated carbocycles. The van der Waals surface area contributed by atoms with E-state index in [2.05, 4.69) is 21.8 Å². The van der Waals surface area contributed by atoms with E-state index in [9.17, 15) is 4.79 Å². The van der Waals surface area contributed by atoms with Crippen molar-refractivity contribution in [1.82, 2.24) is 20.4 Å². The van der Waals surface area contributed by atoms with Crippen LogP contribution >= 0.6 is 0 Å². The summed E-state index contributed by atoms with van der Waals surface area (Å²) in [4.78, 5) is 11.7. The maximum absolute atomic E-state index is 11.7. The molecular weight excluding hydrogens is 264 g/mol. The van der Waals surface area contributed by atoms with Gasteiger partial charge in [-0.2, -0.15) is 5.10 Å². The second-order valence-electron chi connectivity index (χ2n) is 6.30. The molecule has 2 N–H and O–H groups in total. The average molecular weight is 292 g/mol. The van der Waals surface area contributed by atoms with Crippen LogP contribution in [0.4, 0.5) is 0 Å². The molecule has 0 bridgehead atoms. The summed E-state index contributed by atoms with van der Waals surface area (Å²) < 4.78 is 1.98. The Labute approximate surface area is 127 Å². The summed E-state index contributed by atoms with van der Waals surface area (Å²) in [6.45, 7) is 4.73. The molecule has 0 saturated heterocycles. The van der Waals surface area contributed by atoms with Crippen LogP contribution in [0, 0.1) is 0 Å². The zero-order valence-corrected chi connectivity index (χ0v) is 13.4. The molecule has 2 rings (SSSR count). The molecule has 1 heterocycles. The largest absolute Gasteiger partial charge is 0.354 e. The van der Waals surface area contributed by atoms with E-state index in [0.717, 1.165) is 6.54 Å². The van der Waals surface area contributed by atoms with Crippen molar-refractivity contribution in [1.29, 1.82) is 0 Å². The third-order valence-corrected chi connectivity index (χ3v) is 4.21. The zero-order valence-electron chi connectivity index (χ0n) is 13.4. The van der Waals surface area contributed by atoms with Gasteiger partial charge < -0.3 is 10.6 Å². The Morgan fingerprint density at radius 1 is 1.43 bits per heavy atom. The zero-order chi connectivity index (χ0) is 15.2.